The molecule has 0 amide bonds. The predicted molar refractivity (Wildman–Crippen MR) is 154 cm³/mol. The molecule has 6 heteroatoms. The number of terminal acetylenes is 1. The van der Waals surface area contributed by atoms with Gasteiger partial charge >= 0.3 is 0 Å². The van der Waals surface area contributed by atoms with Crippen LogP contribution in [0.5, 0.6) is 11.5 Å². The van der Waals surface area contributed by atoms with Gasteiger partial charge in [0.05, 0.1) is 10.2 Å². The van der Waals surface area contributed by atoms with Crippen LogP contribution in [0.1, 0.15) is 85.1 Å². The van der Waals surface area contributed by atoms with Crippen molar-refractivity contribution in [2.45, 2.75) is 79.6 Å². The van der Waals surface area contributed by atoms with Gasteiger partial charge < -0.3 is 14.4 Å². The van der Waals surface area contributed by atoms with Crippen molar-refractivity contribution in [3.63, 3.8) is 0 Å². The summed E-state index contributed by atoms with van der Waals surface area (Å²) in [7, 11) is 0. The highest BCUT2D eigenvalue weighted by molar-refractivity contribution is 14.1. The van der Waals surface area contributed by atoms with Crippen molar-refractivity contribution in [1.82, 2.24) is 4.90 Å². The van der Waals surface area contributed by atoms with E-state index in [1.54, 1.807) is 0 Å². The van der Waals surface area contributed by atoms with Crippen LogP contribution in [0.15, 0.2) is 34.7 Å². The second-order valence-corrected chi connectivity index (χ2v) is 13.1. The van der Waals surface area contributed by atoms with E-state index in [-0.39, 0.29) is 29.0 Å². The summed E-state index contributed by atoms with van der Waals surface area (Å²) in [5.41, 5.74) is 4.41. The van der Waals surface area contributed by atoms with Crippen molar-refractivity contribution in [3.8, 4) is 23.8 Å². The highest BCUT2D eigenvalue weighted by Crippen LogP contribution is 2.55. The zero-order valence-electron chi connectivity index (χ0n) is 22.9. The number of rotatable bonds is 7. The fraction of sp³-hybridized carbons (Fsp3) is 0.548. The van der Waals surface area contributed by atoms with Crippen LogP contribution in [-0.2, 0) is 9.59 Å². The molecule has 0 radical (unpaired) electrons. The summed E-state index contributed by atoms with van der Waals surface area (Å²) < 4.78 is 12.7. The molecule has 0 saturated heterocycles. The first-order valence-corrected chi connectivity index (χ1v) is 14.3. The van der Waals surface area contributed by atoms with E-state index in [0.29, 0.717) is 30.9 Å². The third-order valence-corrected chi connectivity index (χ3v) is 8.24. The second kappa shape index (κ2) is 10.5. The fourth-order valence-corrected chi connectivity index (χ4v) is 6.93. The number of ketones is 2. The topological polar surface area (TPSA) is 55.8 Å². The molecule has 5 nitrogen and oxygen atoms in total. The number of hydrogen-bond donors (Lipinski definition) is 0. The minimum Gasteiger partial charge on any atom is -0.490 e. The molecule has 0 atom stereocenters. The van der Waals surface area contributed by atoms with Crippen LogP contribution in [0.4, 0.5) is 0 Å². The molecule has 37 heavy (non-hydrogen) atoms. The third kappa shape index (κ3) is 5.34. The van der Waals surface area contributed by atoms with E-state index in [4.69, 9.17) is 15.9 Å². The summed E-state index contributed by atoms with van der Waals surface area (Å²) >= 11 is 2.24. The zero-order chi connectivity index (χ0) is 27.1. The van der Waals surface area contributed by atoms with Gasteiger partial charge in [-0.2, -0.15) is 0 Å². The van der Waals surface area contributed by atoms with Crippen LogP contribution in [0, 0.1) is 26.7 Å². The van der Waals surface area contributed by atoms with Gasteiger partial charge in [0.25, 0.3) is 0 Å². The summed E-state index contributed by atoms with van der Waals surface area (Å²) in [6.07, 6.45) is 8.96. The Bertz CT molecular complexity index is 1180. The van der Waals surface area contributed by atoms with E-state index in [0.717, 1.165) is 57.5 Å². The Kier molecular flexibility index (Phi) is 7.86. The highest BCUT2D eigenvalue weighted by Gasteiger charge is 2.49. The van der Waals surface area contributed by atoms with Gasteiger partial charge in [-0.15, -0.1) is 6.42 Å². The Morgan fingerprint density at radius 1 is 0.973 bits per heavy atom. The van der Waals surface area contributed by atoms with Crippen molar-refractivity contribution >= 4 is 34.2 Å². The van der Waals surface area contributed by atoms with E-state index >= 15 is 0 Å². The van der Waals surface area contributed by atoms with Gasteiger partial charge in [-0.25, -0.2) is 0 Å². The Morgan fingerprint density at radius 3 is 2.03 bits per heavy atom. The molecule has 1 aromatic rings. The van der Waals surface area contributed by atoms with E-state index < -0.39 is 5.92 Å². The van der Waals surface area contributed by atoms with Gasteiger partial charge in [0.1, 0.15) is 6.61 Å². The monoisotopic (exact) mass is 615 g/mol. The molecule has 0 aromatic heterocycles. The number of benzene rings is 1. The number of hydrogen-bond acceptors (Lipinski definition) is 5. The van der Waals surface area contributed by atoms with Crippen molar-refractivity contribution in [2.24, 2.45) is 10.8 Å². The molecule has 0 bridgehead atoms. The maximum absolute atomic E-state index is 13.9. The molecule has 2 aliphatic carbocycles. The summed E-state index contributed by atoms with van der Waals surface area (Å²) in [6.45, 7) is 14.2. The number of Topliss-reactive ketones (excluding diaryl/α,β-unsaturated/α-hetero) is 2. The van der Waals surface area contributed by atoms with Gasteiger partial charge in [0.15, 0.2) is 23.1 Å². The van der Waals surface area contributed by atoms with Crippen LogP contribution in [0.25, 0.3) is 0 Å². The standard InChI is InChI=1S/C31H38INO4/c1-8-11-33-21-15-30(4,5)17-23(34)27(21)26(28-22(33)16-31(6,7)18-24(28)35)19-13-20(32)29(37-12-9-2)25(14-19)36-10-3/h2,13-14,26H,8,10-12,15-18H2,1,3-7H3. The molecule has 3 aliphatic rings. The zero-order valence-corrected chi connectivity index (χ0v) is 25.1. The van der Waals surface area contributed by atoms with Gasteiger partial charge in [0.2, 0.25) is 0 Å². The minimum atomic E-state index is -0.403. The van der Waals surface area contributed by atoms with E-state index in [1.165, 1.54) is 0 Å². The van der Waals surface area contributed by atoms with Gasteiger partial charge in [0, 0.05) is 47.8 Å². The fourth-order valence-electron chi connectivity index (χ4n) is 6.15. The Morgan fingerprint density at radius 2 is 1.54 bits per heavy atom. The normalized spacial score (nSPS) is 21.0. The molecule has 1 heterocycles. The summed E-state index contributed by atoms with van der Waals surface area (Å²) in [4.78, 5) is 30.1. The lowest BCUT2D eigenvalue weighted by atomic mass is 9.63. The summed E-state index contributed by atoms with van der Waals surface area (Å²) in [5.74, 6) is 3.59. The van der Waals surface area contributed by atoms with Gasteiger partial charge in [-0.05, 0) is 77.3 Å². The van der Waals surface area contributed by atoms with Crippen molar-refractivity contribution < 1.29 is 19.1 Å². The SMILES string of the molecule is C#CCOc1c(I)cc(C2C3=C(CC(C)(C)CC3=O)N(CCC)C3=C2C(=O)CC(C)(C)C3)cc1OCC. The van der Waals surface area contributed by atoms with Gasteiger partial charge in [-0.1, -0.05) is 40.5 Å². The second-order valence-electron chi connectivity index (χ2n) is 11.9. The average molecular weight is 616 g/mol. The largest absolute Gasteiger partial charge is 0.490 e. The molecule has 1 aromatic carbocycles. The number of carbonyl (C=O) groups excluding carboxylic acids is 2. The van der Waals surface area contributed by atoms with Crippen LogP contribution in [-0.4, -0.2) is 36.2 Å². The van der Waals surface area contributed by atoms with Crippen molar-refractivity contribution in [3.05, 3.63) is 43.8 Å². The molecule has 0 saturated carbocycles. The predicted octanol–water partition coefficient (Wildman–Crippen LogP) is 6.80. The molecule has 0 N–H and O–H groups in total. The van der Waals surface area contributed by atoms with E-state index in [2.05, 4.69) is 68.0 Å². The van der Waals surface area contributed by atoms with Crippen LogP contribution < -0.4 is 9.47 Å². The molecular weight excluding hydrogens is 577 g/mol. The molecule has 0 spiro atoms. The molecule has 1 aliphatic heterocycles. The Balaban J connectivity index is 1.99. The summed E-state index contributed by atoms with van der Waals surface area (Å²) in [6, 6.07) is 3.98. The molecule has 198 valence electrons. The molecular formula is C31H38INO4. The van der Waals surface area contributed by atoms with E-state index in [9.17, 15) is 9.59 Å². The maximum Gasteiger partial charge on any atom is 0.175 e. The number of nitrogens with zero attached hydrogens (tertiary/aromatic N) is 1. The third-order valence-electron chi connectivity index (χ3n) is 7.43. The van der Waals surface area contributed by atoms with Crippen LogP contribution in [0.3, 0.4) is 0 Å². The smallest absolute Gasteiger partial charge is 0.175 e. The van der Waals surface area contributed by atoms with E-state index in [1.807, 2.05) is 19.1 Å². The maximum atomic E-state index is 13.9. The first kappa shape index (κ1) is 27.8. The van der Waals surface area contributed by atoms with Crippen molar-refractivity contribution in [1.29, 1.82) is 0 Å². The summed E-state index contributed by atoms with van der Waals surface area (Å²) in [5, 5.41) is 0. The number of ether oxygens (including phenoxy) is 2. The lowest BCUT2D eigenvalue weighted by Crippen LogP contribution is -2.44. The van der Waals surface area contributed by atoms with Crippen molar-refractivity contribution in [2.75, 3.05) is 19.8 Å². The lowest BCUT2D eigenvalue weighted by Gasteiger charge is -2.49. The minimum absolute atomic E-state index is 0.128. The first-order valence-electron chi connectivity index (χ1n) is 13.3. The molecule has 0 fully saturated rings. The number of carbonyl (C=O) groups is 2. The number of halogens is 1. The van der Waals surface area contributed by atoms with Gasteiger partial charge in [-0.3, -0.25) is 9.59 Å². The Labute approximate surface area is 235 Å². The molecule has 0 unspecified atom stereocenters. The number of allylic oxidation sites excluding steroid dienone is 4. The quantitative estimate of drug-likeness (QED) is 0.250. The first-order chi connectivity index (χ1) is 17.4. The highest BCUT2D eigenvalue weighted by atomic mass is 127. The molecule has 4 rings (SSSR count). The average Bonchev–Trinajstić information content (AvgIpc) is 2.78. The lowest BCUT2D eigenvalue weighted by molar-refractivity contribution is -0.119. The Hall–Kier alpha value is -2.27. The van der Waals surface area contributed by atoms with Crippen LogP contribution >= 0.6 is 22.6 Å². The van der Waals surface area contributed by atoms with Crippen LogP contribution in [0.2, 0.25) is 0 Å².